The molecule has 1 N–H and O–H groups in total. The number of aromatic nitrogens is 2. The Morgan fingerprint density at radius 2 is 1.84 bits per heavy atom. The molecule has 0 bridgehead atoms. The summed E-state index contributed by atoms with van der Waals surface area (Å²) in [6.07, 6.45) is 9.47. The van der Waals surface area contributed by atoms with Gasteiger partial charge >= 0.3 is 5.97 Å². The van der Waals surface area contributed by atoms with Crippen LogP contribution in [0.5, 0.6) is 0 Å². The van der Waals surface area contributed by atoms with Crippen molar-refractivity contribution >= 4 is 27.8 Å². The van der Waals surface area contributed by atoms with Gasteiger partial charge in [-0.1, -0.05) is 69.2 Å². The van der Waals surface area contributed by atoms with Gasteiger partial charge in [0.05, 0.1) is 28.9 Å². The number of carboxylic acid groups (broad SMARTS) is 1. The first kappa shape index (κ1) is 24.8. The predicted molar refractivity (Wildman–Crippen MR) is 155 cm³/mol. The van der Waals surface area contributed by atoms with Gasteiger partial charge in [0.25, 0.3) is 0 Å². The third-order valence-corrected chi connectivity index (χ3v) is 8.72. The summed E-state index contributed by atoms with van der Waals surface area (Å²) >= 11 is 0. The van der Waals surface area contributed by atoms with E-state index >= 15 is 0 Å². The average Bonchev–Trinajstić information content (AvgIpc) is 3.45. The molecule has 6 rings (SSSR count). The molecular formula is C33H37N3O2. The van der Waals surface area contributed by atoms with Crippen molar-refractivity contribution in [3.05, 3.63) is 59.3 Å². The molecule has 3 heterocycles. The van der Waals surface area contributed by atoms with Crippen LogP contribution in [0.3, 0.4) is 0 Å². The molecule has 0 amide bonds. The predicted octanol–water partition coefficient (Wildman–Crippen LogP) is 7.11. The molecule has 1 aliphatic carbocycles. The van der Waals surface area contributed by atoms with Crippen LogP contribution in [0.2, 0.25) is 0 Å². The summed E-state index contributed by atoms with van der Waals surface area (Å²) in [5, 5.41) is 12.2. The SMILES string of the molecule is CCN(CC)CC#Cc1cn2c3c(cccc13)-c1c(C3CCCCC3)c3ccc(C(=O)O)cc3n1CCC2. The molecule has 5 nitrogen and oxygen atoms in total. The lowest BCUT2D eigenvalue weighted by Crippen LogP contribution is -2.22. The van der Waals surface area contributed by atoms with Crippen LogP contribution in [-0.4, -0.2) is 44.7 Å². The highest BCUT2D eigenvalue weighted by molar-refractivity contribution is 6.03. The number of carbonyl (C=O) groups is 1. The molecule has 2 aliphatic rings. The second-order valence-corrected chi connectivity index (χ2v) is 10.8. The van der Waals surface area contributed by atoms with Crippen LogP contribution in [0, 0.1) is 11.8 Å². The summed E-state index contributed by atoms with van der Waals surface area (Å²) in [6, 6.07) is 12.4. The summed E-state index contributed by atoms with van der Waals surface area (Å²) in [5.74, 6) is 6.57. The third kappa shape index (κ3) is 4.22. The number of para-hydroxylation sites is 1. The molecule has 0 atom stereocenters. The van der Waals surface area contributed by atoms with E-state index in [1.54, 1.807) is 6.07 Å². The Morgan fingerprint density at radius 3 is 2.61 bits per heavy atom. The van der Waals surface area contributed by atoms with E-state index in [2.05, 4.69) is 70.2 Å². The van der Waals surface area contributed by atoms with Crippen molar-refractivity contribution < 1.29 is 9.90 Å². The van der Waals surface area contributed by atoms with Gasteiger partial charge in [-0.2, -0.15) is 0 Å². The molecule has 1 aliphatic heterocycles. The Balaban J connectivity index is 1.59. The molecule has 0 spiro atoms. The summed E-state index contributed by atoms with van der Waals surface area (Å²) in [6.45, 7) is 8.96. The maximum absolute atomic E-state index is 11.9. The first-order valence-electron chi connectivity index (χ1n) is 14.3. The van der Waals surface area contributed by atoms with Crippen molar-refractivity contribution in [1.82, 2.24) is 14.0 Å². The minimum atomic E-state index is -0.864. The zero-order valence-corrected chi connectivity index (χ0v) is 22.6. The molecule has 1 fully saturated rings. The molecule has 0 saturated heterocycles. The van der Waals surface area contributed by atoms with E-state index in [4.69, 9.17) is 0 Å². The number of aryl methyl sites for hydroxylation is 2. The maximum Gasteiger partial charge on any atom is 0.335 e. The van der Waals surface area contributed by atoms with Gasteiger partial charge in [0.2, 0.25) is 0 Å². The van der Waals surface area contributed by atoms with Crippen LogP contribution in [0.4, 0.5) is 0 Å². The van der Waals surface area contributed by atoms with E-state index in [1.807, 2.05) is 6.07 Å². The number of nitrogens with zero attached hydrogens (tertiary/aromatic N) is 3. The second kappa shape index (κ2) is 10.3. The lowest BCUT2D eigenvalue weighted by atomic mass is 9.81. The Morgan fingerprint density at radius 1 is 1.03 bits per heavy atom. The second-order valence-electron chi connectivity index (χ2n) is 10.8. The monoisotopic (exact) mass is 507 g/mol. The topological polar surface area (TPSA) is 50.4 Å². The number of hydrogen-bond acceptors (Lipinski definition) is 2. The fourth-order valence-corrected chi connectivity index (χ4v) is 6.76. The largest absolute Gasteiger partial charge is 0.478 e. The van der Waals surface area contributed by atoms with Crippen molar-refractivity contribution in [1.29, 1.82) is 0 Å². The lowest BCUT2D eigenvalue weighted by molar-refractivity contribution is 0.0697. The number of hydrogen-bond donors (Lipinski definition) is 1. The van der Waals surface area contributed by atoms with Crippen LogP contribution in [0.1, 0.15) is 79.8 Å². The molecule has 1 saturated carbocycles. The summed E-state index contributed by atoms with van der Waals surface area (Å²) in [7, 11) is 0. The van der Waals surface area contributed by atoms with Crippen molar-refractivity contribution in [2.45, 2.75) is 71.4 Å². The minimum Gasteiger partial charge on any atom is -0.478 e. The summed E-state index contributed by atoms with van der Waals surface area (Å²) in [4.78, 5) is 14.2. The van der Waals surface area contributed by atoms with Crippen LogP contribution >= 0.6 is 0 Å². The highest BCUT2D eigenvalue weighted by Gasteiger charge is 2.29. The minimum absolute atomic E-state index is 0.363. The van der Waals surface area contributed by atoms with Crippen LogP contribution in [0.25, 0.3) is 33.1 Å². The van der Waals surface area contributed by atoms with Crippen LogP contribution in [0.15, 0.2) is 42.6 Å². The number of rotatable bonds is 5. The maximum atomic E-state index is 11.9. The highest BCUT2D eigenvalue weighted by Crippen LogP contribution is 2.46. The Bertz CT molecular complexity index is 1570. The van der Waals surface area contributed by atoms with Gasteiger partial charge < -0.3 is 14.2 Å². The Kier molecular flexibility index (Phi) is 6.76. The molecule has 2 aromatic heterocycles. The number of aromatic carboxylic acids is 1. The van der Waals surface area contributed by atoms with E-state index in [0.717, 1.165) is 50.2 Å². The first-order chi connectivity index (χ1) is 18.6. The van der Waals surface area contributed by atoms with E-state index in [9.17, 15) is 9.90 Å². The fourth-order valence-electron chi connectivity index (χ4n) is 6.76. The molecule has 4 aromatic rings. The van der Waals surface area contributed by atoms with E-state index in [0.29, 0.717) is 11.5 Å². The summed E-state index contributed by atoms with van der Waals surface area (Å²) in [5.41, 5.74) is 7.77. The smallest absolute Gasteiger partial charge is 0.335 e. The van der Waals surface area contributed by atoms with Crippen LogP contribution in [-0.2, 0) is 13.1 Å². The number of fused-ring (bicyclic) bond motifs is 4. The van der Waals surface area contributed by atoms with E-state index in [-0.39, 0.29) is 0 Å². The quantitative estimate of drug-likeness (QED) is 0.293. The van der Waals surface area contributed by atoms with Crippen molar-refractivity contribution in [2.24, 2.45) is 0 Å². The molecule has 5 heteroatoms. The zero-order valence-electron chi connectivity index (χ0n) is 22.6. The van der Waals surface area contributed by atoms with Gasteiger partial charge in [0.15, 0.2) is 0 Å². The lowest BCUT2D eigenvalue weighted by Gasteiger charge is -2.25. The van der Waals surface area contributed by atoms with Crippen molar-refractivity contribution in [3.8, 4) is 23.1 Å². The van der Waals surface area contributed by atoms with Gasteiger partial charge in [-0.3, -0.25) is 4.90 Å². The van der Waals surface area contributed by atoms with Gasteiger partial charge in [-0.25, -0.2) is 4.79 Å². The molecule has 2 aromatic carbocycles. The first-order valence-corrected chi connectivity index (χ1v) is 14.3. The van der Waals surface area contributed by atoms with Gasteiger partial charge in [-0.15, -0.1) is 0 Å². The molecule has 196 valence electrons. The number of carboxylic acids is 1. The van der Waals surface area contributed by atoms with Gasteiger partial charge in [0, 0.05) is 41.1 Å². The molecule has 0 radical (unpaired) electrons. The average molecular weight is 508 g/mol. The van der Waals surface area contributed by atoms with Crippen LogP contribution < -0.4 is 0 Å². The van der Waals surface area contributed by atoms with Crippen molar-refractivity contribution in [2.75, 3.05) is 19.6 Å². The van der Waals surface area contributed by atoms with Crippen molar-refractivity contribution in [3.63, 3.8) is 0 Å². The van der Waals surface area contributed by atoms with Gasteiger partial charge in [0.1, 0.15) is 0 Å². The Hall–Kier alpha value is -3.49. The fraction of sp³-hybridized carbons (Fsp3) is 0.424. The molecule has 38 heavy (non-hydrogen) atoms. The standard InChI is InChI=1S/C33H37N3O2/c1-3-34(4-2)18-9-13-25-22-35-19-10-20-36-29-21-24(33(37)38)16-17-27(29)30(23-11-6-5-7-12-23)32(36)28-15-8-14-26(25)31(28)35/h8,14-17,21-23H,3-7,10-12,18-20H2,1-2H3,(H,37,38). The Labute approximate surface area is 225 Å². The number of benzene rings is 2. The molecule has 0 unspecified atom stereocenters. The van der Waals surface area contributed by atoms with E-state index < -0.39 is 5.97 Å². The summed E-state index contributed by atoms with van der Waals surface area (Å²) < 4.78 is 4.85. The highest BCUT2D eigenvalue weighted by atomic mass is 16.4. The third-order valence-electron chi connectivity index (χ3n) is 8.72. The zero-order chi connectivity index (χ0) is 26.2. The van der Waals surface area contributed by atoms with Gasteiger partial charge in [-0.05, 0) is 56.0 Å². The normalized spacial score (nSPS) is 15.8. The van der Waals surface area contributed by atoms with E-state index in [1.165, 1.54) is 65.2 Å². The molecular weight excluding hydrogens is 470 g/mol.